The molecule has 0 aliphatic carbocycles. The van der Waals surface area contributed by atoms with Crippen LogP contribution < -0.4 is 4.90 Å². The van der Waals surface area contributed by atoms with Crippen LogP contribution in [0.3, 0.4) is 0 Å². The van der Waals surface area contributed by atoms with Gasteiger partial charge in [0.25, 0.3) is 5.91 Å². The zero-order valence-corrected chi connectivity index (χ0v) is 17.7. The highest BCUT2D eigenvalue weighted by molar-refractivity contribution is 7.12. The van der Waals surface area contributed by atoms with Crippen molar-refractivity contribution in [1.82, 2.24) is 24.8 Å². The SMILES string of the molecule is Cc1occc1-c1nc(N2CCN(C(=O)c3cccs3)CC2)ncc1-c1cnccn1. The number of thiophene rings is 1. The van der Waals surface area contributed by atoms with Gasteiger partial charge in [-0.15, -0.1) is 11.3 Å². The van der Waals surface area contributed by atoms with Gasteiger partial charge < -0.3 is 14.2 Å². The lowest BCUT2D eigenvalue weighted by molar-refractivity contribution is 0.0751. The maximum Gasteiger partial charge on any atom is 0.264 e. The Balaban J connectivity index is 1.42. The predicted octanol–water partition coefficient (Wildman–Crippen LogP) is 3.53. The van der Waals surface area contributed by atoms with E-state index in [9.17, 15) is 4.79 Å². The van der Waals surface area contributed by atoms with Crippen molar-refractivity contribution in [3.63, 3.8) is 0 Å². The molecule has 0 spiro atoms. The second kappa shape index (κ2) is 8.27. The minimum atomic E-state index is 0.0864. The first-order valence-corrected chi connectivity index (χ1v) is 10.8. The summed E-state index contributed by atoms with van der Waals surface area (Å²) in [5.41, 5.74) is 3.16. The molecule has 0 saturated carbocycles. The van der Waals surface area contributed by atoms with E-state index < -0.39 is 0 Å². The average Bonchev–Trinajstić information content (AvgIpc) is 3.51. The quantitative estimate of drug-likeness (QED) is 0.487. The van der Waals surface area contributed by atoms with Gasteiger partial charge in [0.05, 0.1) is 28.7 Å². The van der Waals surface area contributed by atoms with Crippen LogP contribution in [0.25, 0.3) is 22.5 Å². The molecule has 9 heteroatoms. The predicted molar refractivity (Wildman–Crippen MR) is 118 cm³/mol. The minimum Gasteiger partial charge on any atom is -0.469 e. The number of piperazine rings is 1. The summed E-state index contributed by atoms with van der Waals surface area (Å²) in [5, 5.41) is 1.93. The fourth-order valence-corrected chi connectivity index (χ4v) is 4.34. The van der Waals surface area contributed by atoms with E-state index in [1.807, 2.05) is 35.4 Å². The first-order valence-electron chi connectivity index (χ1n) is 9.96. The normalized spacial score (nSPS) is 14.1. The van der Waals surface area contributed by atoms with Crippen LogP contribution in [-0.2, 0) is 0 Å². The lowest BCUT2D eigenvalue weighted by Gasteiger charge is -2.34. The van der Waals surface area contributed by atoms with E-state index in [1.165, 1.54) is 11.3 Å². The van der Waals surface area contributed by atoms with Gasteiger partial charge in [-0.2, -0.15) is 0 Å². The molecule has 5 heterocycles. The smallest absolute Gasteiger partial charge is 0.264 e. The Morgan fingerprint density at radius 2 is 1.94 bits per heavy atom. The second-order valence-electron chi connectivity index (χ2n) is 7.17. The van der Waals surface area contributed by atoms with Crippen molar-refractivity contribution in [1.29, 1.82) is 0 Å². The fourth-order valence-electron chi connectivity index (χ4n) is 3.65. The van der Waals surface area contributed by atoms with Crippen molar-refractivity contribution in [3.8, 4) is 22.5 Å². The van der Waals surface area contributed by atoms with Gasteiger partial charge in [-0.1, -0.05) is 6.07 Å². The number of nitrogens with zero attached hydrogens (tertiary/aromatic N) is 6. The van der Waals surface area contributed by atoms with Crippen LogP contribution in [-0.4, -0.2) is 56.9 Å². The summed E-state index contributed by atoms with van der Waals surface area (Å²) < 4.78 is 5.52. The van der Waals surface area contributed by atoms with Crippen molar-refractivity contribution < 1.29 is 9.21 Å². The minimum absolute atomic E-state index is 0.0864. The molecule has 1 amide bonds. The highest BCUT2D eigenvalue weighted by Gasteiger charge is 2.25. The van der Waals surface area contributed by atoms with Gasteiger partial charge in [-0.3, -0.25) is 14.8 Å². The van der Waals surface area contributed by atoms with Crippen LogP contribution >= 0.6 is 11.3 Å². The van der Waals surface area contributed by atoms with Gasteiger partial charge in [0.1, 0.15) is 5.76 Å². The number of carbonyl (C=O) groups is 1. The average molecular weight is 433 g/mol. The summed E-state index contributed by atoms with van der Waals surface area (Å²) in [7, 11) is 0. The molecule has 156 valence electrons. The van der Waals surface area contributed by atoms with Crippen molar-refractivity contribution >= 4 is 23.2 Å². The molecule has 5 rings (SSSR count). The van der Waals surface area contributed by atoms with Crippen LogP contribution in [0.5, 0.6) is 0 Å². The summed E-state index contributed by atoms with van der Waals surface area (Å²) >= 11 is 1.47. The van der Waals surface area contributed by atoms with Crippen LogP contribution in [0.2, 0.25) is 0 Å². The highest BCUT2D eigenvalue weighted by Crippen LogP contribution is 2.32. The summed E-state index contributed by atoms with van der Waals surface area (Å²) in [6.45, 7) is 4.52. The lowest BCUT2D eigenvalue weighted by Crippen LogP contribution is -2.49. The monoisotopic (exact) mass is 432 g/mol. The van der Waals surface area contributed by atoms with Crippen LogP contribution in [0, 0.1) is 6.92 Å². The van der Waals surface area contributed by atoms with E-state index in [2.05, 4.69) is 19.9 Å². The molecule has 0 radical (unpaired) electrons. The molecule has 1 aliphatic heterocycles. The van der Waals surface area contributed by atoms with Crippen molar-refractivity contribution in [3.05, 3.63) is 65.3 Å². The van der Waals surface area contributed by atoms with Crippen molar-refractivity contribution in [2.75, 3.05) is 31.1 Å². The van der Waals surface area contributed by atoms with Crippen molar-refractivity contribution in [2.45, 2.75) is 6.92 Å². The number of aromatic nitrogens is 4. The van der Waals surface area contributed by atoms with Gasteiger partial charge in [0.2, 0.25) is 5.95 Å². The first kappa shape index (κ1) is 19.4. The van der Waals surface area contributed by atoms with E-state index in [0.717, 1.165) is 27.5 Å². The number of hydrogen-bond donors (Lipinski definition) is 0. The third-order valence-corrected chi connectivity index (χ3v) is 6.17. The van der Waals surface area contributed by atoms with E-state index in [0.29, 0.717) is 37.8 Å². The molecule has 8 nitrogen and oxygen atoms in total. The molecule has 0 unspecified atom stereocenters. The van der Waals surface area contributed by atoms with Gasteiger partial charge in [0.15, 0.2) is 0 Å². The second-order valence-corrected chi connectivity index (χ2v) is 8.12. The summed E-state index contributed by atoms with van der Waals surface area (Å²) in [6, 6.07) is 5.67. The molecule has 31 heavy (non-hydrogen) atoms. The molecule has 0 atom stereocenters. The number of amides is 1. The maximum atomic E-state index is 12.6. The van der Waals surface area contributed by atoms with Crippen LogP contribution in [0.4, 0.5) is 5.95 Å². The Bertz CT molecular complexity index is 1180. The van der Waals surface area contributed by atoms with Crippen molar-refractivity contribution in [2.24, 2.45) is 0 Å². The van der Waals surface area contributed by atoms with Gasteiger partial charge in [0, 0.05) is 55.9 Å². The number of hydrogen-bond acceptors (Lipinski definition) is 8. The zero-order chi connectivity index (χ0) is 21.2. The molecule has 4 aromatic rings. The number of furan rings is 1. The van der Waals surface area contributed by atoms with Crippen LogP contribution in [0.1, 0.15) is 15.4 Å². The molecule has 1 fully saturated rings. The Morgan fingerprint density at radius 1 is 1.06 bits per heavy atom. The molecule has 4 aromatic heterocycles. The number of rotatable bonds is 4. The van der Waals surface area contributed by atoms with E-state index in [4.69, 9.17) is 9.40 Å². The summed E-state index contributed by atoms with van der Waals surface area (Å²) in [6.07, 6.45) is 8.43. The standard InChI is InChI=1S/C22H20N6O2S/c1-15-16(4-11-30-15)20-17(18-14-23-5-6-24-18)13-25-22(26-20)28-9-7-27(8-10-28)21(29)19-3-2-12-31-19/h2-6,11-14H,7-10H2,1H3. The molecule has 1 aliphatic rings. The molecular formula is C22H20N6O2S. The molecule has 0 bridgehead atoms. The maximum absolute atomic E-state index is 12.6. The van der Waals surface area contributed by atoms with Gasteiger partial charge in [-0.05, 0) is 24.4 Å². The number of aryl methyl sites for hydroxylation is 1. The Morgan fingerprint density at radius 3 is 2.61 bits per heavy atom. The van der Waals surface area contributed by atoms with E-state index in [1.54, 1.807) is 31.1 Å². The first-order chi connectivity index (χ1) is 15.2. The Labute approximate surface area is 183 Å². The zero-order valence-electron chi connectivity index (χ0n) is 16.9. The molecule has 0 aromatic carbocycles. The van der Waals surface area contributed by atoms with E-state index >= 15 is 0 Å². The largest absolute Gasteiger partial charge is 0.469 e. The molecular weight excluding hydrogens is 412 g/mol. The topological polar surface area (TPSA) is 88.3 Å². The summed E-state index contributed by atoms with van der Waals surface area (Å²) in [5.74, 6) is 1.50. The lowest BCUT2D eigenvalue weighted by atomic mass is 10.1. The number of anilines is 1. The molecule has 0 N–H and O–H groups in total. The third kappa shape index (κ3) is 3.79. The molecule has 1 saturated heterocycles. The van der Waals surface area contributed by atoms with Gasteiger partial charge in [-0.25, -0.2) is 9.97 Å². The third-order valence-electron chi connectivity index (χ3n) is 5.31. The van der Waals surface area contributed by atoms with Gasteiger partial charge >= 0.3 is 0 Å². The fraction of sp³-hybridized carbons (Fsp3) is 0.227. The van der Waals surface area contributed by atoms with E-state index in [-0.39, 0.29) is 5.91 Å². The van der Waals surface area contributed by atoms with Crippen LogP contribution in [0.15, 0.2) is 59.0 Å². The highest BCUT2D eigenvalue weighted by atomic mass is 32.1. The number of carbonyl (C=O) groups excluding carboxylic acids is 1. The Kier molecular flexibility index (Phi) is 5.17. The Hall–Kier alpha value is -3.59. The summed E-state index contributed by atoms with van der Waals surface area (Å²) in [4.78, 5) is 35.5.